The topological polar surface area (TPSA) is 119 Å². The van der Waals surface area contributed by atoms with Gasteiger partial charge in [-0.05, 0) is 17.7 Å². The van der Waals surface area contributed by atoms with Crippen molar-refractivity contribution >= 4 is 16.9 Å². The number of rotatable bonds is 7. The van der Waals surface area contributed by atoms with Crippen LogP contribution in [0.5, 0.6) is 23.0 Å². The van der Waals surface area contributed by atoms with Crippen LogP contribution in [0.1, 0.15) is 23.5 Å². The van der Waals surface area contributed by atoms with Crippen LogP contribution in [-0.4, -0.2) is 61.5 Å². The molecule has 2 heterocycles. The Morgan fingerprint density at radius 1 is 0.949 bits per heavy atom. The summed E-state index contributed by atoms with van der Waals surface area (Å²) in [6.07, 6.45) is -0.0395. The second-order valence-electron chi connectivity index (χ2n) is 9.24. The van der Waals surface area contributed by atoms with Crippen LogP contribution in [-0.2, 0) is 9.53 Å². The highest BCUT2D eigenvalue weighted by Gasteiger charge is 2.30. The average Bonchev–Trinajstić information content (AvgIpc) is 2.96. The lowest BCUT2D eigenvalue weighted by Gasteiger charge is -2.29. The molecule has 0 bridgehead atoms. The van der Waals surface area contributed by atoms with Gasteiger partial charge >= 0.3 is 0 Å². The normalized spacial score (nSPS) is 14.3. The molecular formula is C30H29NO8. The van der Waals surface area contributed by atoms with Crippen LogP contribution in [0.15, 0.2) is 69.9 Å². The zero-order valence-corrected chi connectivity index (χ0v) is 21.7. The average molecular weight is 532 g/mol. The largest absolute Gasteiger partial charge is 0.507 e. The number of carbonyl (C=O) groups excluding carboxylic acids is 1. The van der Waals surface area contributed by atoms with Crippen molar-refractivity contribution < 1.29 is 33.6 Å². The maximum atomic E-state index is 13.5. The number of methoxy groups -OCH3 is 2. The Labute approximate surface area is 224 Å². The molecule has 0 spiro atoms. The SMILES string of the molecule is COc1ccc(C(CC(=O)N2CCOCC2)c2c(O)cc(O)c3c(=O)cc(-c4ccccc4)oc23)cc1OC. The minimum atomic E-state index is -0.752. The summed E-state index contributed by atoms with van der Waals surface area (Å²) in [7, 11) is 3.03. The molecule has 39 heavy (non-hydrogen) atoms. The Balaban J connectivity index is 1.74. The first kappa shape index (κ1) is 26.1. The van der Waals surface area contributed by atoms with E-state index in [0.717, 1.165) is 6.07 Å². The van der Waals surface area contributed by atoms with E-state index in [1.807, 2.05) is 18.2 Å². The zero-order valence-electron chi connectivity index (χ0n) is 21.7. The van der Waals surface area contributed by atoms with Gasteiger partial charge in [-0.25, -0.2) is 0 Å². The minimum Gasteiger partial charge on any atom is -0.507 e. The van der Waals surface area contributed by atoms with E-state index in [2.05, 4.69) is 0 Å². The van der Waals surface area contributed by atoms with Gasteiger partial charge in [0.25, 0.3) is 0 Å². The number of aromatic hydroxyl groups is 2. The van der Waals surface area contributed by atoms with Crippen LogP contribution in [0, 0.1) is 0 Å². The molecule has 202 valence electrons. The molecule has 1 aliphatic heterocycles. The fourth-order valence-corrected chi connectivity index (χ4v) is 4.98. The van der Waals surface area contributed by atoms with Gasteiger partial charge < -0.3 is 33.7 Å². The van der Waals surface area contributed by atoms with E-state index in [0.29, 0.717) is 48.9 Å². The molecule has 9 heteroatoms. The number of phenolic OH excluding ortho intramolecular Hbond substituents is 2. The van der Waals surface area contributed by atoms with Gasteiger partial charge in [-0.2, -0.15) is 0 Å². The smallest absolute Gasteiger partial charge is 0.223 e. The fraction of sp³-hybridized carbons (Fsp3) is 0.267. The summed E-state index contributed by atoms with van der Waals surface area (Å²) in [6.45, 7) is 1.78. The summed E-state index contributed by atoms with van der Waals surface area (Å²) in [6, 6.07) is 16.7. The number of fused-ring (bicyclic) bond motifs is 1. The van der Waals surface area contributed by atoms with Gasteiger partial charge in [-0.15, -0.1) is 0 Å². The second kappa shape index (κ2) is 11.1. The number of morpholine rings is 1. The zero-order chi connectivity index (χ0) is 27.5. The van der Waals surface area contributed by atoms with Crippen LogP contribution in [0.25, 0.3) is 22.3 Å². The van der Waals surface area contributed by atoms with E-state index in [4.69, 9.17) is 18.6 Å². The highest BCUT2D eigenvalue weighted by molar-refractivity contribution is 5.91. The number of hydrogen-bond acceptors (Lipinski definition) is 8. The van der Waals surface area contributed by atoms with Crippen LogP contribution >= 0.6 is 0 Å². The lowest BCUT2D eigenvalue weighted by atomic mass is 9.85. The number of phenols is 2. The molecular weight excluding hydrogens is 502 g/mol. The number of benzene rings is 3. The molecule has 1 amide bonds. The van der Waals surface area contributed by atoms with Crippen molar-refractivity contribution in [2.45, 2.75) is 12.3 Å². The predicted molar refractivity (Wildman–Crippen MR) is 145 cm³/mol. The molecule has 0 saturated carbocycles. The summed E-state index contributed by atoms with van der Waals surface area (Å²) in [5, 5.41) is 21.8. The molecule has 3 aromatic carbocycles. The van der Waals surface area contributed by atoms with E-state index in [1.165, 1.54) is 20.3 Å². The maximum Gasteiger partial charge on any atom is 0.223 e. The summed E-state index contributed by atoms with van der Waals surface area (Å²) in [5.41, 5.74) is 1.03. The van der Waals surface area contributed by atoms with E-state index in [-0.39, 0.29) is 40.4 Å². The molecule has 1 saturated heterocycles. The van der Waals surface area contributed by atoms with Crippen molar-refractivity contribution in [1.29, 1.82) is 0 Å². The number of carbonyl (C=O) groups is 1. The van der Waals surface area contributed by atoms with Crippen molar-refractivity contribution in [1.82, 2.24) is 4.90 Å². The Hall–Kier alpha value is -4.50. The van der Waals surface area contributed by atoms with Crippen molar-refractivity contribution in [3.8, 4) is 34.3 Å². The summed E-state index contributed by atoms with van der Waals surface area (Å²) in [4.78, 5) is 28.4. The first-order valence-corrected chi connectivity index (χ1v) is 12.6. The molecule has 4 aromatic rings. The third kappa shape index (κ3) is 5.13. The molecule has 1 unspecified atom stereocenters. The molecule has 5 rings (SSSR count). The van der Waals surface area contributed by atoms with Gasteiger partial charge in [0.15, 0.2) is 16.9 Å². The molecule has 2 N–H and O–H groups in total. The third-order valence-electron chi connectivity index (χ3n) is 6.96. The lowest BCUT2D eigenvalue weighted by Crippen LogP contribution is -2.41. The third-order valence-corrected chi connectivity index (χ3v) is 6.96. The first-order valence-electron chi connectivity index (χ1n) is 12.6. The number of ether oxygens (including phenoxy) is 3. The van der Waals surface area contributed by atoms with Crippen LogP contribution in [0.2, 0.25) is 0 Å². The predicted octanol–water partition coefficient (Wildman–Crippen LogP) is 4.27. The van der Waals surface area contributed by atoms with Crippen LogP contribution in [0.4, 0.5) is 0 Å². The van der Waals surface area contributed by atoms with Gasteiger partial charge in [0, 0.05) is 48.7 Å². The molecule has 1 aliphatic rings. The molecule has 1 aromatic heterocycles. The summed E-state index contributed by atoms with van der Waals surface area (Å²) in [5.74, 6) is -0.416. The van der Waals surface area contributed by atoms with Crippen LogP contribution in [0.3, 0.4) is 0 Å². The fourth-order valence-electron chi connectivity index (χ4n) is 4.98. The lowest BCUT2D eigenvalue weighted by molar-refractivity contribution is -0.135. The van der Waals surface area contributed by atoms with E-state index >= 15 is 0 Å². The van der Waals surface area contributed by atoms with Crippen molar-refractivity contribution in [2.75, 3.05) is 40.5 Å². The number of amides is 1. The Morgan fingerprint density at radius 2 is 1.67 bits per heavy atom. The van der Waals surface area contributed by atoms with Gasteiger partial charge in [-0.1, -0.05) is 36.4 Å². The maximum absolute atomic E-state index is 13.5. The summed E-state index contributed by atoms with van der Waals surface area (Å²) >= 11 is 0. The highest BCUT2D eigenvalue weighted by Crippen LogP contribution is 2.44. The van der Waals surface area contributed by atoms with E-state index < -0.39 is 17.1 Å². The number of nitrogens with zero attached hydrogens (tertiary/aromatic N) is 1. The van der Waals surface area contributed by atoms with Crippen LogP contribution < -0.4 is 14.9 Å². The molecule has 1 fully saturated rings. The summed E-state index contributed by atoms with van der Waals surface area (Å²) < 4.78 is 22.5. The monoisotopic (exact) mass is 531 g/mol. The Bertz CT molecular complexity index is 1560. The van der Waals surface area contributed by atoms with Gasteiger partial charge in [0.2, 0.25) is 5.91 Å². The molecule has 0 aliphatic carbocycles. The van der Waals surface area contributed by atoms with E-state index in [1.54, 1.807) is 35.2 Å². The molecule has 9 nitrogen and oxygen atoms in total. The Kier molecular flexibility index (Phi) is 7.42. The first-order chi connectivity index (χ1) is 18.9. The van der Waals surface area contributed by atoms with Crippen molar-refractivity contribution in [3.05, 3.63) is 82.0 Å². The van der Waals surface area contributed by atoms with Crippen molar-refractivity contribution in [2.24, 2.45) is 0 Å². The minimum absolute atomic E-state index is 0.00779. The van der Waals surface area contributed by atoms with Gasteiger partial charge in [0.05, 0.1) is 27.4 Å². The quantitative estimate of drug-likeness (QED) is 0.363. The standard InChI is InChI=1S/C30H29NO8/c1-36-24-9-8-19(14-26(24)37-2)20(15-27(35)31-10-12-38-13-11-31)28-21(32)16-22(33)29-23(34)17-25(39-30(28)29)18-6-4-3-5-7-18/h3-9,14,16-17,20,32-33H,10-13,15H2,1-2H3. The van der Waals surface area contributed by atoms with Crippen molar-refractivity contribution in [3.63, 3.8) is 0 Å². The second-order valence-corrected chi connectivity index (χ2v) is 9.24. The highest BCUT2D eigenvalue weighted by atomic mass is 16.5. The van der Waals surface area contributed by atoms with E-state index in [9.17, 15) is 19.8 Å². The molecule has 1 atom stereocenters. The molecule has 0 radical (unpaired) electrons. The Morgan fingerprint density at radius 3 is 2.36 bits per heavy atom. The van der Waals surface area contributed by atoms with Gasteiger partial charge in [0.1, 0.15) is 28.2 Å². The number of hydrogen-bond donors (Lipinski definition) is 2. The van der Waals surface area contributed by atoms with Gasteiger partial charge in [-0.3, -0.25) is 9.59 Å².